The maximum atomic E-state index is 14.5. The lowest BCUT2D eigenvalue weighted by atomic mass is 10.2. The summed E-state index contributed by atoms with van der Waals surface area (Å²) in [6, 6.07) is 6.13. The molecule has 1 aliphatic heterocycles. The molecule has 1 aliphatic rings. The van der Waals surface area contributed by atoms with Gasteiger partial charge in [0.05, 0.1) is 17.7 Å². The van der Waals surface area contributed by atoms with Crippen molar-refractivity contribution in [1.29, 1.82) is 0 Å². The van der Waals surface area contributed by atoms with E-state index < -0.39 is 17.7 Å². The van der Waals surface area contributed by atoms with Crippen LogP contribution in [0.1, 0.15) is 12.0 Å². The number of halogens is 2. The predicted octanol–water partition coefficient (Wildman–Crippen LogP) is 3.52. The second-order valence-electron chi connectivity index (χ2n) is 6.94. The fraction of sp³-hybridized carbons (Fsp3) is 0.238. The fourth-order valence-corrected chi connectivity index (χ4v) is 3.30. The second kappa shape index (κ2) is 8.02. The quantitative estimate of drug-likeness (QED) is 0.647. The van der Waals surface area contributed by atoms with Gasteiger partial charge in [0.25, 0.3) is 5.88 Å². The van der Waals surface area contributed by atoms with Crippen LogP contribution in [0.3, 0.4) is 0 Å². The van der Waals surface area contributed by atoms with Gasteiger partial charge in [-0.15, -0.1) is 0 Å². The topological polar surface area (TPSA) is 80.2 Å². The minimum Gasteiger partial charge on any atom is -0.470 e. The van der Waals surface area contributed by atoms with Gasteiger partial charge >= 0.3 is 0 Å². The normalized spacial score (nSPS) is 16.0. The van der Waals surface area contributed by atoms with Gasteiger partial charge in [-0.25, -0.2) is 23.7 Å². The molecule has 0 bridgehead atoms. The van der Waals surface area contributed by atoms with Crippen molar-refractivity contribution in [2.45, 2.75) is 19.4 Å². The number of aromatic nitrogens is 3. The van der Waals surface area contributed by atoms with Gasteiger partial charge in [0, 0.05) is 19.0 Å². The first-order chi connectivity index (χ1) is 14.5. The van der Waals surface area contributed by atoms with Crippen molar-refractivity contribution in [2.24, 2.45) is 0 Å². The predicted molar refractivity (Wildman–Crippen MR) is 108 cm³/mol. The van der Waals surface area contributed by atoms with E-state index in [1.165, 1.54) is 18.5 Å². The summed E-state index contributed by atoms with van der Waals surface area (Å²) in [5.41, 5.74) is 1.19. The minimum atomic E-state index is -0.678. The summed E-state index contributed by atoms with van der Waals surface area (Å²) in [5, 5.41) is 2.90. The Bertz CT molecular complexity index is 1140. The van der Waals surface area contributed by atoms with Crippen molar-refractivity contribution in [2.75, 3.05) is 18.4 Å². The van der Waals surface area contributed by atoms with Gasteiger partial charge in [0.15, 0.2) is 11.6 Å². The summed E-state index contributed by atoms with van der Waals surface area (Å²) in [6.45, 7) is 5.93. The third-order valence-electron chi connectivity index (χ3n) is 4.89. The molecule has 0 spiro atoms. The Morgan fingerprint density at radius 1 is 1.37 bits per heavy atom. The first kappa shape index (κ1) is 19.7. The average molecular weight is 411 g/mol. The van der Waals surface area contributed by atoms with Crippen LogP contribution < -0.4 is 10.1 Å². The molecule has 7 nitrogen and oxygen atoms in total. The van der Waals surface area contributed by atoms with E-state index in [9.17, 15) is 13.6 Å². The summed E-state index contributed by atoms with van der Waals surface area (Å²) in [6.07, 6.45) is 2.62. The van der Waals surface area contributed by atoms with E-state index in [-0.39, 0.29) is 34.3 Å². The van der Waals surface area contributed by atoms with Crippen molar-refractivity contribution in [1.82, 2.24) is 19.9 Å². The molecule has 9 heteroatoms. The SMILES string of the molecule is C=CC(=O)N1CC[C@H](Oc2nc3c(Nc4cccc(C)c4F)ncnc3cc2F)C1. The highest BCUT2D eigenvalue weighted by Gasteiger charge is 2.28. The molecular weight excluding hydrogens is 392 g/mol. The van der Waals surface area contributed by atoms with Crippen LogP contribution in [-0.2, 0) is 4.79 Å². The molecule has 0 radical (unpaired) electrons. The number of benzene rings is 1. The molecule has 30 heavy (non-hydrogen) atoms. The van der Waals surface area contributed by atoms with E-state index in [2.05, 4.69) is 26.8 Å². The third kappa shape index (κ3) is 3.78. The number of hydrogen-bond donors (Lipinski definition) is 1. The van der Waals surface area contributed by atoms with E-state index in [0.29, 0.717) is 25.1 Å². The molecule has 0 unspecified atom stereocenters. The Morgan fingerprint density at radius 2 is 2.20 bits per heavy atom. The van der Waals surface area contributed by atoms with Gasteiger partial charge in [0.1, 0.15) is 23.8 Å². The first-order valence-corrected chi connectivity index (χ1v) is 9.37. The Balaban J connectivity index is 1.63. The summed E-state index contributed by atoms with van der Waals surface area (Å²) < 4.78 is 34.6. The minimum absolute atomic E-state index is 0.201. The van der Waals surface area contributed by atoms with Crippen LogP contribution in [-0.4, -0.2) is 45.0 Å². The number of nitrogens with one attached hydrogen (secondary N) is 1. The maximum absolute atomic E-state index is 14.5. The lowest BCUT2D eigenvalue weighted by Gasteiger charge is -2.16. The molecule has 154 valence electrons. The smallest absolute Gasteiger partial charge is 0.251 e. The molecular formula is C21H19F2N5O2. The van der Waals surface area contributed by atoms with Crippen LogP contribution in [0, 0.1) is 18.6 Å². The van der Waals surface area contributed by atoms with Gasteiger partial charge < -0.3 is 15.0 Å². The van der Waals surface area contributed by atoms with Crippen molar-refractivity contribution < 1.29 is 18.3 Å². The molecule has 0 aliphatic carbocycles. The van der Waals surface area contributed by atoms with E-state index in [1.54, 1.807) is 30.0 Å². The van der Waals surface area contributed by atoms with Gasteiger partial charge in [-0.1, -0.05) is 18.7 Å². The standard InChI is InChI=1S/C21H19F2N5O2/c1-3-17(29)28-8-7-13(10-28)30-21-14(22)9-16-19(27-21)20(25-11-24-16)26-15-6-4-5-12(2)18(15)23/h3-6,9,11,13H,1,7-8,10H2,2H3,(H,24,25,26)/t13-/m0/s1. The molecule has 1 atom stereocenters. The molecule has 2 aromatic heterocycles. The maximum Gasteiger partial charge on any atom is 0.251 e. The number of rotatable bonds is 5. The Kier molecular flexibility index (Phi) is 5.26. The average Bonchev–Trinajstić information content (AvgIpc) is 3.20. The number of aryl methyl sites for hydroxylation is 1. The molecule has 1 aromatic carbocycles. The molecule has 3 heterocycles. The molecule has 1 N–H and O–H groups in total. The van der Waals surface area contributed by atoms with Gasteiger partial charge in [-0.2, -0.15) is 0 Å². The zero-order chi connectivity index (χ0) is 21.3. The fourth-order valence-electron chi connectivity index (χ4n) is 3.30. The molecule has 3 aromatic rings. The van der Waals surface area contributed by atoms with E-state index in [0.717, 1.165) is 0 Å². The molecule has 1 fully saturated rings. The van der Waals surface area contributed by atoms with Crippen molar-refractivity contribution >= 4 is 28.4 Å². The van der Waals surface area contributed by atoms with Gasteiger partial charge in [-0.3, -0.25) is 4.79 Å². The number of anilines is 2. The number of ether oxygens (including phenoxy) is 1. The molecule has 1 saturated heterocycles. The first-order valence-electron chi connectivity index (χ1n) is 9.37. The Labute approximate surface area is 171 Å². The number of pyridine rings is 1. The molecule has 0 saturated carbocycles. The van der Waals surface area contributed by atoms with E-state index in [4.69, 9.17) is 4.74 Å². The highest BCUT2D eigenvalue weighted by Crippen LogP contribution is 2.28. The summed E-state index contributed by atoms with van der Waals surface area (Å²) in [4.78, 5) is 25.7. The van der Waals surface area contributed by atoms with Crippen LogP contribution in [0.25, 0.3) is 11.0 Å². The Hall–Kier alpha value is -3.62. The molecule has 1 amide bonds. The van der Waals surface area contributed by atoms with Crippen molar-refractivity contribution in [3.63, 3.8) is 0 Å². The van der Waals surface area contributed by atoms with Crippen molar-refractivity contribution in [3.05, 3.63) is 60.4 Å². The van der Waals surface area contributed by atoms with Gasteiger partial charge in [-0.05, 0) is 24.6 Å². The zero-order valence-corrected chi connectivity index (χ0v) is 16.2. The second-order valence-corrected chi connectivity index (χ2v) is 6.94. The summed E-state index contributed by atoms with van der Waals surface area (Å²) in [5.74, 6) is -1.29. The summed E-state index contributed by atoms with van der Waals surface area (Å²) in [7, 11) is 0. The number of nitrogens with zero attached hydrogens (tertiary/aromatic N) is 4. The lowest BCUT2D eigenvalue weighted by molar-refractivity contribution is -0.125. The van der Waals surface area contributed by atoms with Gasteiger partial charge in [0.2, 0.25) is 5.91 Å². The number of hydrogen-bond acceptors (Lipinski definition) is 6. The largest absolute Gasteiger partial charge is 0.470 e. The third-order valence-corrected chi connectivity index (χ3v) is 4.89. The lowest BCUT2D eigenvalue weighted by Crippen LogP contribution is -2.29. The number of carbonyl (C=O) groups is 1. The molecule has 4 rings (SSSR count). The number of amides is 1. The van der Waals surface area contributed by atoms with Crippen LogP contribution >= 0.6 is 0 Å². The van der Waals surface area contributed by atoms with Crippen molar-refractivity contribution in [3.8, 4) is 5.88 Å². The van der Waals surface area contributed by atoms with Crippen LogP contribution in [0.5, 0.6) is 5.88 Å². The zero-order valence-electron chi connectivity index (χ0n) is 16.2. The van der Waals surface area contributed by atoms with Crippen LogP contribution in [0.15, 0.2) is 43.2 Å². The van der Waals surface area contributed by atoms with E-state index in [1.807, 2.05) is 0 Å². The number of fused-ring (bicyclic) bond motifs is 1. The van der Waals surface area contributed by atoms with E-state index >= 15 is 0 Å². The monoisotopic (exact) mass is 411 g/mol. The van der Waals surface area contributed by atoms with Crippen LogP contribution in [0.4, 0.5) is 20.3 Å². The Morgan fingerprint density at radius 3 is 3.00 bits per heavy atom. The summed E-state index contributed by atoms with van der Waals surface area (Å²) >= 11 is 0. The highest BCUT2D eigenvalue weighted by atomic mass is 19.1. The number of likely N-dealkylation sites (tertiary alicyclic amines) is 1. The highest BCUT2D eigenvalue weighted by molar-refractivity contribution is 5.88. The number of carbonyl (C=O) groups excluding carboxylic acids is 1. The van der Waals surface area contributed by atoms with Crippen LogP contribution in [0.2, 0.25) is 0 Å².